The fourth-order valence-electron chi connectivity index (χ4n) is 1.68. The maximum Gasteiger partial charge on any atom is 0.225 e. The Balaban J connectivity index is 2.46. The Labute approximate surface area is 86.7 Å². The summed E-state index contributed by atoms with van der Waals surface area (Å²) < 4.78 is 0. The van der Waals surface area contributed by atoms with Crippen LogP contribution in [-0.4, -0.2) is 17.6 Å². The van der Waals surface area contributed by atoms with Gasteiger partial charge in [-0.05, 0) is 23.8 Å². The Bertz CT molecular complexity index is 378. The molecule has 0 spiro atoms. The highest BCUT2D eigenvalue weighted by Gasteiger charge is 2.24. The van der Waals surface area contributed by atoms with E-state index >= 15 is 0 Å². The van der Waals surface area contributed by atoms with Crippen molar-refractivity contribution in [1.82, 2.24) is 0 Å². The number of amides is 1. The van der Waals surface area contributed by atoms with Gasteiger partial charge in [-0.15, -0.1) is 0 Å². The number of aliphatic hydroxyl groups is 1. The topological polar surface area (TPSA) is 49.3 Å². The first-order chi connectivity index (χ1) is 6.70. The highest BCUT2D eigenvalue weighted by atomic mass is 35.5. The summed E-state index contributed by atoms with van der Waals surface area (Å²) in [5.41, 5.74) is 1.67. The molecule has 14 heavy (non-hydrogen) atoms. The van der Waals surface area contributed by atoms with Gasteiger partial charge in [-0.25, -0.2) is 0 Å². The third-order valence-electron chi connectivity index (χ3n) is 2.38. The van der Waals surface area contributed by atoms with Gasteiger partial charge in [0.15, 0.2) is 0 Å². The van der Waals surface area contributed by atoms with Crippen LogP contribution in [-0.2, 0) is 4.79 Å². The van der Waals surface area contributed by atoms with E-state index in [1.807, 2.05) is 0 Å². The number of benzene rings is 1. The van der Waals surface area contributed by atoms with Crippen molar-refractivity contribution >= 4 is 23.2 Å². The minimum absolute atomic E-state index is 0.0270. The molecule has 3 nitrogen and oxygen atoms in total. The van der Waals surface area contributed by atoms with Gasteiger partial charge in [0, 0.05) is 23.0 Å². The van der Waals surface area contributed by atoms with Crippen LogP contribution in [0.1, 0.15) is 17.9 Å². The molecule has 1 heterocycles. The molecule has 1 aliphatic heterocycles. The van der Waals surface area contributed by atoms with E-state index in [2.05, 4.69) is 5.32 Å². The average Bonchev–Trinajstić information content (AvgIpc) is 2.17. The number of aliphatic hydroxyl groups excluding tert-OH is 1. The molecule has 0 fully saturated rings. The Morgan fingerprint density at radius 3 is 3.07 bits per heavy atom. The molecule has 0 radical (unpaired) electrons. The lowest BCUT2D eigenvalue weighted by Crippen LogP contribution is -2.24. The number of nitrogens with one attached hydrogen (secondary N) is 1. The maximum absolute atomic E-state index is 11.2. The molecule has 1 unspecified atom stereocenters. The number of carbonyl (C=O) groups excluding carboxylic acids is 1. The first kappa shape index (κ1) is 9.49. The minimum atomic E-state index is -0.127. The van der Waals surface area contributed by atoms with Crippen LogP contribution in [0.25, 0.3) is 0 Å². The number of rotatable bonds is 1. The molecule has 0 saturated carbocycles. The lowest BCUT2D eigenvalue weighted by molar-refractivity contribution is -0.117. The van der Waals surface area contributed by atoms with Crippen LogP contribution < -0.4 is 5.32 Å². The predicted molar refractivity (Wildman–Crippen MR) is 54.5 cm³/mol. The maximum atomic E-state index is 11.2. The first-order valence-electron chi connectivity index (χ1n) is 4.41. The molecule has 0 saturated heterocycles. The van der Waals surface area contributed by atoms with Crippen molar-refractivity contribution < 1.29 is 9.90 Å². The lowest BCUT2D eigenvalue weighted by Gasteiger charge is -2.24. The molecular weight excluding hydrogens is 202 g/mol. The van der Waals surface area contributed by atoms with Crippen molar-refractivity contribution in [3.05, 3.63) is 28.8 Å². The second-order valence-corrected chi connectivity index (χ2v) is 3.80. The van der Waals surface area contributed by atoms with E-state index in [0.29, 0.717) is 11.4 Å². The van der Waals surface area contributed by atoms with Gasteiger partial charge in [0.2, 0.25) is 5.91 Å². The molecule has 1 atom stereocenters. The second kappa shape index (κ2) is 3.59. The van der Waals surface area contributed by atoms with Gasteiger partial charge in [0.05, 0.1) is 6.61 Å². The van der Waals surface area contributed by atoms with E-state index < -0.39 is 0 Å². The van der Waals surface area contributed by atoms with E-state index in [0.717, 1.165) is 11.3 Å². The fourth-order valence-corrected chi connectivity index (χ4v) is 1.86. The smallest absolute Gasteiger partial charge is 0.225 e. The van der Waals surface area contributed by atoms with Crippen molar-refractivity contribution in [3.8, 4) is 0 Å². The quantitative estimate of drug-likeness (QED) is 0.744. The minimum Gasteiger partial charge on any atom is -0.396 e. The fraction of sp³-hybridized carbons (Fsp3) is 0.300. The first-order valence-corrected chi connectivity index (χ1v) is 4.78. The number of hydrogen-bond acceptors (Lipinski definition) is 2. The SMILES string of the molecule is O=C1CC(CO)c2cc(Cl)ccc2N1. The summed E-state index contributed by atoms with van der Waals surface area (Å²) in [6, 6.07) is 5.27. The predicted octanol–water partition coefficient (Wildman–Crippen LogP) is 1.76. The van der Waals surface area contributed by atoms with Gasteiger partial charge < -0.3 is 10.4 Å². The zero-order chi connectivity index (χ0) is 10.1. The molecule has 1 aromatic carbocycles. The molecule has 1 aliphatic rings. The normalized spacial score (nSPS) is 20.1. The van der Waals surface area contributed by atoms with Crippen molar-refractivity contribution in [2.24, 2.45) is 0 Å². The van der Waals surface area contributed by atoms with Crippen LogP contribution in [0, 0.1) is 0 Å². The molecule has 0 bridgehead atoms. The number of carbonyl (C=O) groups is 1. The van der Waals surface area contributed by atoms with Crippen LogP contribution in [0.2, 0.25) is 5.02 Å². The van der Waals surface area contributed by atoms with Crippen LogP contribution in [0.5, 0.6) is 0 Å². The highest BCUT2D eigenvalue weighted by Crippen LogP contribution is 2.33. The van der Waals surface area contributed by atoms with E-state index in [9.17, 15) is 4.79 Å². The number of hydrogen-bond donors (Lipinski definition) is 2. The summed E-state index contributed by atoms with van der Waals surface area (Å²) >= 11 is 5.84. The summed E-state index contributed by atoms with van der Waals surface area (Å²) in [5.74, 6) is -0.184. The largest absolute Gasteiger partial charge is 0.396 e. The van der Waals surface area contributed by atoms with Crippen molar-refractivity contribution in [2.75, 3.05) is 11.9 Å². The number of anilines is 1. The summed E-state index contributed by atoms with van der Waals surface area (Å²) in [6.45, 7) is -0.0270. The number of halogens is 1. The van der Waals surface area contributed by atoms with Gasteiger partial charge in [-0.3, -0.25) is 4.79 Å². The van der Waals surface area contributed by atoms with Gasteiger partial charge in [0.25, 0.3) is 0 Å². The molecule has 0 aliphatic carbocycles. The Morgan fingerprint density at radius 2 is 2.36 bits per heavy atom. The molecule has 2 rings (SSSR count). The van der Waals surface area contributed by atoms with E-state index in [-0.39, 0.29) is 18.4 Å². The summed E-state index contributed by atoms with van der Waals surface area (Å²) in [5, 5.41) is 12.5. The standard InChI is InChI=1S/C10H10ClNO2/c11-7-1-2-9-8(4-7)6(5-13)3-10(14)12-9/h1-2,4,6,13H,3,5H2,(H,12,14). The molecule has 2 N–H and O–H groups in total. The van der Waals surface area contributed by atoms with Gasteiger partial charge in [0.1, 0.15) is 0 Å². The third kappa shape index (κ3) is 1.61. The highest BCUT2D eigenvalue weighted by molar-refractivity contribution is 6.30. The average molecular weight is 212 g/mol. The lowest BCUT2D eigenvalue weighted by atomic mass is 9.91. The zero-order valence-corrected chi connectivity index (χ0v) is 8.21. The van der Waals surface area contributed by atoms with Crippen LogP contribution >= 0.6 is 11.6 Å². The third-order valence-corrected chi connectivity index (χ3v) is 2.61. The Morgan fingerprint density at radius 1 is 1.57 bits per heavy atom. The van der Waals surface area contributed by atoms with Crippen molar-refractivity contribution in [2.45, 2.75) is 12.3 Å². The van der Waals surface area contributed by atoms with Crippen LogP contribution in [0.3, 0.4) is 0 Å². The van der Waals surface area contributed by atoms with Crippen LogP contribution in [0.15, 0.2) is 18.2 Å². The van der Waals surface area contributed by atoms with E-state index in [4.69, 9.17) is 16.7 Å². The summed E-state index contributed by atoms with van der Waals surface area (Å²) in [4.78, 5) is 11.2. The van der Waals surface area contributed by atoms with E-state index in [1.165, 1.54) is 0 Å². The number of fused-ring (bicyclic) bond motifs is 1. The molecular formula is C10H10ClNO2. The van der Waals surface area contributed by atoms with Crippen molar-refractivity contribution in [3.63, 3.8) is 0 Å². The zero-order valence-electron chi connectivity index (χ0n) is 7.46. The second-order valence-electron chi connectivity index (χ2n) is 3.36. The molecule has 1 aromatic rings. The summed E-state index contributed by atoms with van der Waals surface area (Å²) in [6.07, 6.45) is 0.323. The molecule has 4 heteroatoms. The van der Waals surface area contributed by atoms with Gasteiger partial charge in [-0.1, -0.05) is 11.6 Å². The van der Waals surface area contributed by atoms with Crippen LogP contribution in [0.4, 0.5) is 5.69 Å². The van der Waals surface area contributed by atoms with Gasteiger partial charge >= 0.3 is 0 Å². The van der Waals surface area contributed by atoms with Gasteiger partial charge in [-0.2, -0.15) is 0 Å². The monoisotopic (exact) mass is 211 g/mol. The van der Waals surface area contributed by atoms with Crippen molar-refractivity contribution in [1.29, 1.82) is 0 Å². The Kier molecular flexibility index (Phi) is 2.44. The molecule has 0 aromatic heterocycles. The molecule has 1 amide bonds. The molecule has 74 valence electrons. The summed E-state index contributed by atoms with van der Waals surface area (Å²) in [7, 11) is 0. The van der Waals surface area contributed by atoms with E-state index in [1.54, 1.807) is 18.2 Å². The Hall–Kier alpha value is -1.06.